The van der Waals surface area contributed by atoms with Crippen LogP contribution in [0.5, 0.6) is 11.5 Å². The molecule has 8 nitrogen and oxygen atoms in total. The van der Waals surface area contributed by atoms with E-state index in [2.05, 4.69) is 36.8 Å². The molecule has 0 atom stereocenters. The van der Waals surface area contributed by atoms with Gasteiger partial charge in [-0.05, 0) is 48.4 Å². The van der Waals surface area contributed by atoms with Crippen molar-refractivity contribution in [2.75, 3.05) is 12.5 Å². The molecule has 2 aromatic heterocycles. The van der Waals surface area contributed by atoms with E-state index in [9.17, 15) is 0 Å². The lowest BCUT2D eigenvalue weighted by atomic mass is 10.2. The maximum absolute atomic E-state index is 5.90. The van der Waals surface area contributed by atoms with Gasteiger partial charge in [-0.2, -0.15) is 10.1 Å². The topological polar surface area (TPSA) is 97.3 Å². The summed E-state index contributed by atoms with van der Waals surface area (Å²) in [5.74, 6) is 1.60. The average molecular weight is 438 g/mol. The molecule has 5 aromatic rings. The van der Waals surface area contributed by atoms with Crippen LogP contribution in [0.15, 0.2) is 71.8 Å². The fraction of sp³-hybridized carbons (Fsp3) is 0.120. The van der Waals surface area contributed by atoms with Gasteiger partial charge in [-0.3, -0.25) is 0 Å². The number of rotatable bonds is 7. The third kappa shape index (κ3) is 4.45. The van der Waals surface area contributed by atoms with E-state index < -0.39 is 0 Å². The van der Waals surface area contributed by atoms with E-state index in [0.29, 0.717) is 29.7 Å². The summed E-state index contributed by atoms with van der Waals surface area (Å²) >= 11 is 0. The molecule has 0 spiro atoms. The van der Waals surface area contributed by atoms with Gasteiger partial charge >= 0.3 is 0 Å². The lowest BCUT2D eigenvalue weighted by Gasteiger charge is -2.11. The lowest BCUT2D eigenvalue weighted by Crippen LogP contribution is -2.00. The first-order valence-electron chi connectivity index (χ1n) is 10.5. The summed E-state index contributed by atoms with van der Waals surface area (Å²) in [6.45, 7) is 2.51. The minimum absolute atomic E-state index is 0.303. The number of aryl methyl sites for hydroxylation is 1. The van der Waals surface area contributed by atoms with E-state index in [1.807, 2.05) is 67.6 Å². The Bertz CT molecular complexity index is 1450. The molecule has 0 amide bonds. The van der Waals surface area contributed by atoms with Crippen molar-refractivity contribution in [2.24, 2.45) is 5.10 Å². The number of hydrazone groups is 1. The van der Waals surface area contributed by atoms with Crippen molar-refractivity contribution in [3.05, 3.63) is 83.4 Å². The molecule has 8 heteroatoms. The Morgan fingerprint density at radius 1 is 1.00 bits per heavy atom. The molecule has 0 fully saturated rings. The van der Waals surface area contributed by atoms with Gasteiger partial charge in [0.05, 0.1) is 13.3 Å². The molecule has 2 N–H and O–H groups in total. The van der Waals surface area contributed by atoms with Crippen molar-refractivity contribution in [1.29, 1.82) is 0 Å². The summed E-state index contributed by atoms with van der Waals surface area (Å²) in [6.07, 6.45) is 1.66. The van der Waals surface area contributed by atoms with E-state index in [4.69, 9.17) is 9.47 Å². The van der Waals surface area contributed by atoms with Crippen LogP contribution in [-0.2, 0) is 6.61 Å². The van der Waals surface area contributed by atoms with E-state index in [1.165, 1.54) is 0 Å². The van der Waals surface area contributed by atoms with Crippen LogP contribution >= 0.6 is 0 Å². The molecule has 3 aromatic carbocycles. The Morgan fingerprint density at radius 2 is 1.88 bits per heavy atom. The number of hydrogen-bond donors (Lipinski definition) is 2. The zero-order valence-corrected chi connectivity index (χ0v) is 18.2. The number of methoxy groups -OCH3 is 1. The Labute approximate surface area is 190 Å². The SMILES string of the molecule is COc1cc(/C=N/Nc2nnc3c(n2)[nH]c2ccc(C)cc23)ccc1OCc1ccccc1. The number of anilines is 1. The lowest BCUT2D eigenvalue weighted by molar-refractivity contribution is 0.284. The first-order chi connectivity index (χ1) is 16.2. The zero-order valence-electron chi connectivity index (χ0n) is 18.2. The second-order valence-corrected chi connectivity index (χ2v) is 7.56. The van der Waals surface area contributed by atoms with Gasteiger partial charge < -0.3 is 14.5 Å². The number of benzene rings is 3. The van der Waals surface area contributed by atoms with Gasteiger partial charge in [0.1, 0.15) is 12.1 Å². The molecule has 0 bridgehead atoms. The minimum Gasteiger partial charge on any atom is -0.493 e. The summed E-state index contributed by atoms with van der Waals surface area (Å²) in [5, 5.41) is 13.7. The Hall–Kier alpha value is -4.46. The summed E-state index contributed by atoms with van der Waals surface area (Å²) < 4.78 is 11.4. The van der Waals surface area contributed by atoms with E-state index in [-0.39, 0.29) is 0 Å². The predicted molar refractivity (Wildman–Crippen MR) is 129 cm³/mol. The van der Waals surface area contributed by atoms with E-state index >= 15 is 0 Å². The Balaban J connectivity index is 1.28. The van der Waals surface area contributed by atoms with Gasteiger partial charge in [0.25, 0.3) is 5.95 Å². The molecular formula is C25H22N6O2. The van der Waals surface area contributed by atoms with Crippen LogP contribution in [0.3, 0.4) is 0 Å². The molecule has 0 aliphatic heterocycles. The van der Waals surface area contributed by atoms with Gasteiger partial charge in [0.15, 0.2) is 17.1 Å². The molecule has 33 heavy (non-hydrogen) atoms. The van der Waals surface area contributed by atoms with Gasteiger partial charge in [0.2, 0.25) is 0 Å². The number of hydrogen-bond acceptors (Lipinski definition) is 7. The quantitative estimate of drug-likeness (QED) is 0.279. The second kappa shape index (κ2) is 8.96. The molecule has 2 heterocycles. The summed E-state index contributed by atoms with van der Waals surface area (Å²) in [5.41, 5.74) is 8.28. The summed E-state index contributed by atoms with van der Waals surface area (Å²) in [4.78, 5) is 7.74. The Kier molecular flexibility index (Phi) is 5.55. The van der Waals surface area contributed by atoms with Crippen LogP contribution in [-0.4, -0.2) is 33.5 Å². The molecule has 0 aliphatic rings. The standard InChI is InChI=1S/C25H22N6O2/c1-16-8-10-20-19(12-16)23-24(27-20)28-25(31-29-23)30-26-14-18-9-11-21(22(13-18)32-2)33-15-17-6-4-3-5-7-17/h3-14H,15H2,1-2H3,(H2,27,28,30,31)/b26-14+. The fourth-order valence-corrected chi connectivity index (χ4v) is 3.52. The number of nitrogens with zero attached hydrogens (tertiary/aromatic N) is 4. The fourth-order valence-electron chi connectivity index (χ4n) is 3.52. The molecule has 0 aliphatic carbocycles. The highest BCUT2D eigenvalue weighted by atomic mass is 16.5. The number of ether oxygens (including phenoxy) is 2. The molecule has 0 radical (unpaired) electrons. The van der Waals surface area contributed by atoms with Gasteiger partial charge in [-0.25, -0.2) is 5.43 Å². The van der Waals surface area contributed by atoms with Crippen molar-refractivity contribution >= 4 is 34.2 Å². The van der Waals surface area contributed by atoms with Crippen molar-refractivity contribution in [1.82, 2.24) is 20.2 Å². The molecule has 0 saturated carbocycles. The van der Waals surface area contributed by atoms with Crippen LogP contribution in [0.1, 0.15) is 16.7 Å². The number of fused-ring (bicyclic) bond motifs is 3. The molecular weight excluding hydrogens is 416 g/mol. The number of H-pyrrole nitrogens is 1. The minimum atomic E-state index is 0.303. The van der Waals surface area contributed by atoms with Crippen molar-refractivity contribution in [3.63, 3.8) is 0 Å². The van der Waals surface area contributed by atoms with Gasteiger partial charge in [-0.15, -0.1) is 10.2 Å². The van der Waals surface area contributed by atoms with Crippen molar-refractivity contribution in [2.45, 2.75) is 13.5 Å². The monoisotopic (exact) mass is 438 g/mol. The number of nitrogens with one attached hydrogen (secondary N) is 2. The summed E-state index contributed by atoms with van der Waals surface area (Å²) in [6, 6.07) is 21.7. The Morgan fingerprint density at radius 3 is 2.73 bits per heavy atom. The predicted octanol–water partition coefficient (Wildman–Crippen LogP) is 4.85. The number of aromatic nitrogens is 4. The normalized spacial score (nSPS) is 11.3. The van der Waals surface area contributed by atoms with Gasteiger partial charge in [-0.1, -0.05) is 42.0 Å². The van der Waals surface area contributed by atoms with E-state index in [0.717, 1.165) is 33.1 Å². The molecule has 0 unspecified atom stereocenters. The molecule has 164 valence electrons. The average Bonchev–Trinajstić information content (AvgIpc) is 3.20. The third-order valence-corrected chi connectivity index (χ3v) is 5.17. The second-order valence-electron chi connectivity index (χ2n) is 7.56. The first kappa shape index (κ1) is 20.4. The maximum Gasteiger partial charge on any atom is 0.265 e. The highest BCUT2D eigenvalue weighted by Crippen LogP contribution is 2.28. The van der Waals surface area contributed by atoms with E-state index in [1.54, 1.807) is 13.3 Å². The molecule has 0 saturated heterocycles. The van der Waals surface area contributed by atoms with Crippen LogP contribution in [0.2, 0.25) is 0 Å². The number of aromatic amines is 1. The van der Waals surface area contributed by atoms with Crippen LogP contribution in [0.25, 0.3) is 22.1 Å². The highest BCUT2D eigenvalue weighted by molar-refractivity contribution is 6.03. The van der Waals surface area contributed by atoms with Gasteiger partial charge in [0, 0.05) is 10.9 Å². The zero-order chi connectivity index (χ0) is 22.6. The highest BCUT2D eigenvalue weighted by Gasteiger charge is 2.09. The molecule has 5 rings (SSSR count). The van der Waals surface area contributed by atoms with Crippen molar-refractivity contribution in [3.8, 4) is 11.5 Å². The van der Waals surface area contributed by atoms with Crippen LogP contribution in [0, 0.1) is 6.92 Å². The van der Waals surface area contributed by atoms with Crippen LogP contribution in [0.4, 0.5) is 5.95 Å². The van der Waals surface area contributed by atoms with Crippen molar-refractivity contribution < 1.29 is 9.47 Å². The van der Waals surface area contributed by atoms with Crippen LogP contribution < -0.4 is 14.9 Å². The first-order valence-corrected chi connectivity index (χ1v) is 10.5. The smallest absolute Gasteiger partial charge is 0.265 e. The summed E-state index contributed by atoms with van der Waals surface area (Å²) in [7, 11) is 1.61. The third-order valence-electron chi connectivity index (χ3n) is 5.17. The maximum atomic E-state index is 5.90. The largest absolute Gasteiger partial charge is 0.493 e.